The lowest BCUT2D eigenvalue weighted by Crippen LogP contribution is -2.27. The van der Waals surface area contributed by atoms with Gasteiger partial charge in [-0.25, -0.2) is 14.9 Å². The Balaban J connectivity index is 2.05. The first kappa shape index (κ1) is 16.9. The number of carbonyl (C=O) groups is 2. The zero-order valence-corrected chi connectivity index (χ0v) is 13.5. The predicted molar refractivity (Wildman–Crippen MR) is 90.2 cm³/mol. The van der Waals surface area contributed by atoms with Gasteiger partial charge in [-0.05, 0) is 25.0 Å². The maximum Gasteiger partial charge on any atom is 0.234 e. The number of aromatic nitrogens is 2. The van der Waals surface area contributed by atoms with Crippen LogP contribution in [0.15, 0.2) is 29.9 Å². The van der Waals surface area contributed by atoms with Gasteiger partial charge in [0.15, 0.2) is 10.9 Å². The van der Waals surface area contributed by atoms with Gasteiger partial charge in [0, 0.05) is 30.6 Å². The Bertz CT molecular complexity index is 660. The summed E-state index contributed by atoms with van der Waals surface area (Å²) in [6.45, 7) is 0. The molecule has 23 heavy (non-hydrogen) atoms. The third kappa shape index (κ3) is 4.75. The fourth-order valence-corrected chi connectivity index (χ4v) is 2.76. The van der Waals surface area contributed by atoms with E-state index in [0.717, 1.165) is 6.42 Å². The van der Waals surface area contributed by atoms with Crippen molar-refractivity contribution >= 4 is 39.8 Å². The summed E-state index contributed by atoms with van der Waals surface area (Å²) in [6.07, 6.45) is 6.01. The van der Waals surface area contributed by atoms with E-state index in [-0.39, 0.29) is 11.8 Å². The maximum atomic E-state index is 12.6. The van der Waals surface area contributed by atoms with Crippen molar-refractivity contribution < 1.29 is 9.59 Å². The number of nitrogens with zero attached hydrogens (tertiary/aromatic N) is 3. The van der Waals surface area contributed by atoms with Gasteiger partial charge in [-0.3, -0.25) is 9.59 Å². The molecule has 122 valence electrons. The van der Waals surface area contributed by atoms with Crippen LogP contribution in [0.5, 0.6) is 0 Å². The van der Waals surface area contributed by atoms with E-state index in [9.17, 15) is 9.59 Å². The van der Waals surface area contributed by atoms with Crippen LogP contribution in [-0.2, 0) is 9.59 Å². The smallest absolute Gasteiger partial charge is 0.234 e. The van der Waals surface area contributed by atoms with Crippen LogP contribution < -0.4 is 16.4 Å². The Morgan fingerprint density at radius 2 is 1.91 bits per heavy atom. The number of carbonyl (C=O) groups excluding carboxylic acids is 2. The molecule has 2 heterocycles. The standard InChI is InChI=1S/C15H19N5O2S/c16-11-5-4-8-18-14(11)20(15-19-9-10-23-15)13(22)7-3-1-2-6-12(17)21/h4-5,8-10H,1-3,6-7,16H2,(H2,17,21). The van der Waals surface area contributed by atoms with Crippen LogP contribution in [0.2, 0.25) is 0 Å². The van der Waals surface area contributed by atoms with E-state index in [0.29, 0.717) is 42.3 Å². The zero-order chi connectivity index (χ0) is 16.7. The lowest BCUT2D eigenvalue weighted by molar-refractivity contribution is -0.118. The molecule has 8 heteroatoms. The number of hydrogen-bond donors (Lipinski definition) is 2. The largest absolute Gasteiger partial charge is 0.396 e. The van der Waals surface area contributed by atoms with Gasteiger partial charge in [0.1, 0.15) is 0 Å². The van der Waals surface area contributed by atoms with Crippen LogP contribution >= 0.6 is 11.3 Å². The van der Waals surface area contributed by atoms with Crippen molar-refractivity contribution in [1.82, 2.24) is 9.97 Å². The second-order valence-electron chi connectivity index (χ2n) is 4.99. The number of rotatable bonds is 8. The van der Waals surface area contributed by atoms with Crippen LogP contribution in [0.3, 0.4) is 0 Å². The number of nitrogen functional groups attached to an aromatic ring is 1. The third-order valence-electron chi connectivity index (χ3n) is 3.20. The highest BCUT2D eigenvalue weighted by Gasteiger charge is 2.22. The first-order valence-electron chi connectivity index (χ1n) is 7.31. The summed E-state index contributed by atoms with van der Waals surface area (Å²) in [5.74, 6) is -0.0454. The Kier molecular flexibility index (Phi) is 6.04. The van der Waals surface area contributed by atoms with E-state index < -0.39 is 0 Å². The molecule has 7 nitrogen and oxygen atoms in total. The SMILES string of the molecule is NC(=O)CCCCCC(=O)N(c1nccs1)c1ncccc1N. The molecule has 0 unspecified atom stereocenters. The minimum atomic E-state index is -0.318. The first-order valence-corrected chi connectivity index (χ1v) is 8.19. The van der Waals surface area contributed by atoms with Crippen molar-refractivity contribution in [2.24, 2.45) is 5.73 Å². The van der Waals surface area contributed by atoms with Gasteiger partial charge in [0.05, 0.1) is 5.69 Å². The molecule has 0 saturated heterocycles. The topological polar surface area (TPSA) is 115 Å². The number of hydrogen-bond acceptors (Lipinski definition) is 6. The highest BCUT2D eigenvalue weighted by molar-refractivity contribution is 7.13. The summed E-state index contributed by atoms with van der Waals surface area (Å²) in [5, 5.41) is 2.33. The van der Waals surface area contributed by atoms with Crippen molar-refractivity contribution in [3.8, 4) is 0 Å². The van der Waals surface area contributed by atoms with Crippen molar-refractivity contribution in [2.45, 2.75) is 32.1 Å². The van der Waals surface area contributed by atoms with Gasteiger partial charge in [-0.2, -0.15) is 0 Å². The summed E-state index contributed by atoms with van der Waals surface area (Å²) in [7, 11) is 0. The molecule has 4 N–H and O–H groups in total. The number of thiazole rings is 1. The number of anilines is 3. The van der Waals surface area contributed by atoms with Crippen LogP contribution in [0, 0.1) is 0 Å². The lowest BCUT2D eigenvalue weighted by atomic mass is 10.1. The number of pyridine rings is 1. The van der Waals surface area contributed by atoms with Crippen LogP contribution in [0.4, 0.5) is 16.6 Å². The second-order valence-corrected chi connectivity index (χ2v) is 5.86. The monoisotopic (exact) mass is 333 g/mol. The van der Waals surface area contributed by atoms with E-state index in [4.69, 9.17) is 11.5 Å². The fourth-order valence-electron chi connectivity index (χ4n) is 2.10. The number of primary amides is 1. The van der Waals surface area contributed by atoms with Gasteiger partial charge in [0.2, 0.25) is 11.8 Å². The molecule has 2 amide bonds. The van der Waals surface area contributed by atoms with E-state index in [2.05, 4.69) is 9.97 Å². The average Bonchev–Trinajstić information content (AvgIpc) is 3.03. The van der Waals surface area contributed by atoms with Crippen molar-refractivity contribution in [3.05, 3.63) is 29.9 Å². The predicted octanol–water partition coefficient (Wildman–Crippen LogP) is 2.22. The van der Waals surface area contributed by atoms with Gasteiger partial charge >= 0.3 is 0 Å². The summed E-state index contributed by atoms with van der Waals surface area (Å²) >= 11 is 1.35. The Labute approximate surface area is 138 Å². The fraction of sp³-hybridized carbons (Fsp3) is 0.333. The lowest BCUT2D eigenvalue weighted by Gasteiger charge is -2.20. The Morgan fingerprint density at radius 3 is 2.57 bits per heavy atom. The number of amides is 2. The normalized spacial score (nSPS) is 10.4. The molecule has 0 spiro atoms. The maximum absolute atomic E-state index is 12.6. The Morgan fingerprint density at radius 1 is 1.13 bits per heavy atom. The summed E-state index contributed by atoms with van der Waals surface area (Å²) in [6, 6.07) is 3.41. The van der Waals surface area contributed by atoms with Gasteiger partial charge < -0.3 is 11.5 Å². The van der Waals surface area contributed by atoms with E-state index >= 15 is 0 Å². The molecule has 0 bridgehead atoms. The van der Waals surface area contributed by atoms with Gasteiger partial charge in [0.25, 0.3) is 0 Å². The molecule has 0 aliphatic rings. The van der Waals surface area contributed by atoms with Gasteiger partial charge in [-0.15, -0.1) is 11.3 Å². The molecule has 2 aromatic heterocycles. The average molecular weight is 333 g/mol. The quantitative estimate of drug-likeness (QED) is 0.719. The molecule has 0 saturated carbocycles. The van der Waals surface area contributed by atoms with Crippen LogP contribution in [-0.4, -0.2) is 21.8 Å². The van der Waals surface area contributed by atoms with Crippen LogP contribution in [0.25, 0.3) is 0 Å². The molecular formula is C15H19N5O2S. The first-order chi connectivity index (χ1) is 11.1. The Hall–Kier alpha value is -2.48. The van der Waals surface area contributed by atoms with E-state index in [1.807, 2.05) is 0 Å². The molecule has 0 aromatic carbocycles. The van der Waals surface area contributed by atoms with E-state index in [1.54, 1.807) is 29.9 Å². The molecule has 0 radical (unpaired) electrons. The minimum absolute atomic E-state index is 0.121. The van der Waals surface area contributed by atoms with Crippen LogP contribution in [0.1, 0.15) is 32.1 Å². The molecule has 0 aliphatic heterocycles. The highest BCUT2D eigenvalue weighted by Crippen LogP contribution is 2.30. The molecule has 0 fully saturated rings. The van der Waals surface area contributed by atoms with Crippen molar-refractivity contribution in [3.63, 3.8) is 0 Å². The second kappa shape index (κ2) is 8.23. The summed E-state index contributed by atoms with van der Waals surface area (Å²) < 4.78 is 0. The van der Waals surface area contributed by atoms with Crippen molar-refractivity contribution in [1.29, 1.82) is 0 Å². The van der Waals surface area contributed by atoms with Gasteiger partial charge in [-0.1, -0.05) is 6.42 Å². The molecule has 2 rings (SSSR count). The molecule has 0 atom stereocenters. The number of nitrogens with two attached hydrogens (primary N) is 2. The molecule has 0 aliphatic carbocycles. The minimum Gasteiger partial charge on any atom is -0.396 e. The number of unbranched alkanes of at least 4 members (excludes halogenated alkanes) is 2. The molecular weight excluding hydrogens is 314 g/mol. The molecule has 2 aromatic rings. The van der Waals surface area contributed by atoms with E-state index in [1.165, 1.54) is 16.2 Å². The summed E-state index contributed by atoms with van der Waals surface area (Å²) in [4.78, 5) is 33.1. The van der Waals surface area contributed by atoms with Crippen molar-refractivity contribution in [2.75, 3.05) is 10.6 Å². The zero-order valence-electron chi connectivity index (χ0n) is 12.6. The highest BCUT2D eigenvalue weighted by atomic mass is 32.1. The summed E-state index contributed by atoms with van der Waals surface area (Å²) in [5.41, 5.74) is 11.5. The third-order valence-corrected chi connectivity index (χ3v) is 3.96.